The summed E-state index contributed by atoms with van der Waals surface area (Å²) in [5.74, 6) is 0.421. The van der Waals surface area contributed by atoms with E-state index in [2.05, 4.69) is 10.3 Å². The molecule has 7 heteroatoms. The number of hydrogen-bond acceptors (Lipinski definition) is 5. The molecule has 0 spiro atoms. The van der Waals surface area contributed by atoms with Crippen molar-refractivity contribution in [2.75, 3.05) is 11.9 Å². The lowest BCUT2D eigenvalue weighted by atomic mass is 10.2. The largest absolute Gasteiger partial charge is 0.365 e. The highest BCUT2D eigenvalue weighted by atomic mass is 35.5. The summed E-state index contributed by atoms with van der Waals surface area (Å²) in [5, 5.41) is 13.7. The quantitative estimate of drug-likeness (QED) is 0.608. The number of nitrogens with zero attached hydrogens (tertiary/aromatic N) is 2. The first-order valence-corrected chi connectivity index (χ1v) is 5.22. The zero-order valence-corrected chi connectivity index (χ0v) is 9.57. The van der Waals surface area contributed by atoms with Crippen molar-refractivity contribution < 1.29 is 4.92 Å². The SMILES string of the molecule is CCC(CN)Nc1ncc([N+](=O)[O-])cc1Cl. The Balaban J connectivity index is 2.86. The zero-order valence-electron chi connectivity index (χ0n) is 8.81. The molecule has 0 aliphatic heterocycles. The van der Waals surface area contributed by atoms with Gasteiger partial charge in [0.2, 0.25) is 0 Å². The second-order valence-corrected chi connectivity index (χ2v) is 3.67. The van der Waals surface area contributed by atoms with Crippen molar-refractivity contribution >= 4 is 23.1 Å². The molecule has 6 nitrogen and oxygen atoms in total. The number of nitrogens with one attached hydrogen (secondary N) is 1. The summed E-state index contributed by atoms with van der Waals surface area (Å²) in [6.45, 7) is 2.43. The maximum Gasteiger partial charge on any atom is 0.289 e. The summed E-state index contributed by atoms with van der Waals surface area (Å²) in [6, 6.07) is 1.33. The molecule has 0 aliphatic carbocycles. The van der Waals surface area contributed by atoms with Crippen molar-refractivity contribution in [2.45, 2.75) is 19.4 Å². The lowest BCUT2D eigenvalue weighted by Crippen LogP contribution is -2.28. The predicted octanol–water partition coefficient (Wildman–Crippen LogP) is 1.79. The predicted molar refractivity (Wildman–Crippen MR) is 62.7 cm³/mol. The number of nitro groups is 1. The molecular weight excluding hydrogens is 232 g/mol. The molecule has 1 aromatic heterocycles. The van der Waals surface area contributed by atoms with Crippen LogP contribution in [0.15, 0.2) is 12.3 Å². The van der Waals surface area contributed by atoms with Gasteiger partial charge >= 0.3 is 0 Å². The van der Waals surface area contributed by atoms with Crippen LogP contribution in [0.3, 0.4) is 0 Å². The minimum Gasteiger partial charge on any atom is -0.365 e. The summed E-state index contributed by atoms with van der Waals surface area (Å²) in [4.78, 5) is 13.8. The van der Waals surface area contributed by atoms with Gasteiger partial charge in [0, 0.05) is 18.7 Å². The number of rotatable bonds is 5. The van der Waals surface area contributed by atoms with Crippen molar-refractivity contribution in [1.29, 1.82) is 0 Å². The highest BCUT2D eigenvalue weighted by molar-refractivity contribution is 6.33. The Morgan fingerprint density at radius 3 is 2.88 bits per heavy atom. The number of pyridine rings is 1. The van der Waals surface area contributed by atoms with E-state index in [0.717, 1.165) is 12.6 Å². The molecule has 0 bridgehead atoms. The molecule has 88 valence electrons. The average molecular weight is 245 g/mol. The molecule has 0 radical (unpaired) electrons. The van der Waals surface area contributed by atoms with Crippen LogP contribution in [0.2, 0.25) is 5.02 Å². The van der Waals surface area contributed by atoms with E-state index < -0.39 is 4.92 Å². The molecule has 0 saturated carbocycles. The van der Waals surface area contributed by atoms with Crippen LogP contribution < -0.4 is 11.1 Å². The van der Waals surface area contributed by atoms with Gasteiger partial charge in [0.15, 0.2) is 0 Å². The van der Waals surface area contributed by atoms with Gasteiger partial charge < -0.3 is 11.1 Å². The molecule has 0 aliphatic rings. The van der Waals surface area contributed by atoms with Crippen LogP contribution in [0.4, 0.5) is 11.5 Å². The molecule has 0 amide bonds. The molecule has 16 heavy (non-hydrogen) atoms. The van der Waals surface area contributed by atoms with E-state index in [9.17, 15) is 10.1 Å². The van der Waals surface area contributed by atoms with Crippen LogP contribution in [0.5, 0.6) is 0 Å². The Hall–Kier alpha value is -1.40. The number of hydrogen-bond donors (Lipinski definition) is 2. The van der Waals surface area contributed by atoms with Gasteiger partial charge in [0.05, 0.1) is 9.95 Å². The minimum atomic E-state index is -0.539. The average Bonchev–Trinajstić information content (AvgIpc) is 2.27. The first-order valence-electron chi connectivity index (χ1n) is 4.85. The smallest absolute Gasteiger partial charge is 0.289 e. The monoisotopic (exact) mass is 244 g/mol. The number of anilines is 1. The van der Waals surface area contributed by atoms with Gasteiger partial charge in [-0.1, -0.05) is 18.5 Å². The Labute approximate surface area is 98.0 Å². The highest BCUT2D eigenvalue weighted by Gasteiger charge is 2.12. The molecule has 1 unspecified atom stereocenters. The lowest BCUT2D eigenvalue weighted by molar-refractivity contribution is -0.385. The summed E-state index contributed by atoms with van der Waals surface area (Å²) in [6.07, 6.45) is 1.99. The fourth-order valence-electron chi connectivity index (χ4n) is 1.15. The van der Waals surface area contributed by atoms with Crippen molar-refractivity contribution in [1.82, 2.24) is 4.98 Å². The minimum absolute atomic E-state index is 0.0615. The Kier molecular flexibility index (Phi) is 4.45. The molecule has 0 fully saturated rings. The van der Waals surface area contributed by atoms with Gasteiger partial charge in [0.1, 0.15) is 12.0 Å². The third kappa shape index (κ3) is 3.04. The van der Waals surface area contributed by atoms with E-state index in [1.54, 1.807) is 0 Å². The van der Waals surface area contributed by atoms with E-state index in [0.29, 0.717) is 12.4 Å². The number of aromatic nitrogens is 1. The molecule has 0 aromatic carbocycles. The molecule has 1 heterocycles. The van der Waals surface area contributed by atoms with Crippen molar-refractivity contribution in [3.05, 3.63) is 27.4 Å². The molecule has 1 aromatic rings. The Bertz CT molecular complexity index is 382. The van der Waals surface area contributed by atoms with Crippen LogP contribution >= 0.6 is 11.6 Å². The molecule has 1 atom stereocenters. The van der Waals surface area contributed by atoms with Crippen LogP contribution in [0, 0.1) is 10.1 Å². The maximum atomic E-state index is 10.5. The number of halogens is 1. The molecular formula is C9H13ClN4O2. The van der Waals surface area contributed by atoms with Gasteiger partial charge in [-0.15, -0.1) is 0 Å². The normalized spacial score (nSPS) is 12.2. The third-order valence-corrected chi connectivity index (χ3v) is 2.44. The highest BCUT2D eigenvalue weighted by Crippen LogP contribution is 2.24. The van der Waals surface area contributed by atoms with Crippen molar-refractivity contribution in [2.24, 2.45) is 5.73 Å². The van der Waals surface area contributed by atoms with E-state index >= 15 is 0 Å². The van der Waals surface area contributed by atoms with Crippen LogP contribution in [-0.2, 0) is 0 Å². The summed E-state index contributed by atoms with van der Waals surface area (Å²) in [5.41, 5.74) is 5.39. The number of nitrogens with two attached hydrogens (primary N) is 1. The lowest BCUT2D eigenvalue weighted by Gasteiger charge is -2.15. The molecule has 1 rings (SSSR count). The van der Waals surface area contributed by atoms with Crippen LogP contribution in [0.1, 0.15) is 13.3 Å². The van der Waals surface area contributed by atoms with E-state index in [-0.39, 0.29) is 16.8 Å². The fraction of sp³-hybridized carbons (Fsp3) is 0.444. The van der Waals surface area contributed by atoms with Gasteiger partial charge in [-0.05, 0) is 6.42 Å². The second-order valence-electron chi connectivity index (χ2n) is 3.27. The topological polar surface area (TPSA) is 94.1 Å². The van der Waals surface area contributed by atoms with E-state index in [1.165, 1.54) is 6.07 Å². The van der Waals surface area contributed by atoms with Crippen LogP contribution in [0.25, 0.3) is 0 Å². The Morgan fingerprint density at radius 2 is 2.44 bits per heavy atom. The molecule has 3 N–H and O–H groups in total. The second kappa shape index (κ2) is 5.62. The van der Waals surface area contributed by atoms with Gasteiger partial charge in [0.25, 0.3) is 5.69 Å². The zero-order chi connectivity index (χ0) is 12.1. The fourth-order valence-corrected chi connectivity index (χ4v) is 1.37. The first kappa shape index (κ1) is 12.7. The summed E-state index contributed by atoms with van der Waals surface area (Å²) >= 11 is 5.86. The standard InChI is InChI=1S/C9H13ClN4O2/c1-2-6(4-11)13-9-8(10)3-7(5-12-9)14(15)16/h3,5-6H,2,4,11H2,1H3,(H,12,13). The van der Waals surface area contributed by atoms with E-state index in [4.69, 9.17) is 17.3 Å². The summed E-state index contributed by atoms with van der Waals surface area (Å²) < 4.78 is 0. The van der Waals surface area contributed by atoms with Crippen LogP contribution in [-0.4, -0.2) is 22.5 Å². The van der Waals surface area contributed by atoms with Gasteiger partial charge in [-0.2, -0.15) is 0 Å². The third-order valence-electron chi connectivity index (χ3n) is 2.16. The Morgan fingerprint density at radius 1 is 1.75 bits per heavy atom. The first-order chi connectivity index (χ1) is 7.58. The van der Waals surface area contributed by atoms with Gasteiger partial charge in [-0.25, -0.2) is 4.98 Å². The van der Waals surface area contributed by atoms with E-state index in [1.807, 2.05) is 6.92 Å². The van der Waals surface area contributed by atoms with Gasteiger partial charge in [-0.3, -0.25) is 10.1 Å². The van der Waals surface area contributed by atoms with Crippen molar-refractivity contribution in [3.63, 3.8) is 0 Å². The molecule has 0 saturated heterocycles. The maximum absolute atomic E-state index is 10.5. The summed E-state index contributed by atoms with van der Waals surface area (Å²) in [7, 11) is 0. The van der Waals surface area contributed by atoms with Crippen molar-refractivity contribution in [3.8, 4) is 0 Å².